The van der Waals surface area contributed by atoms with E-state index in [1.165, 1.54) is 42.5 Å². The van der Waals surface area contributed by atoms with E-state index in [1.54, 1.807) is 0 Å². The van der Waals surface area contributed by atoms with Crippen LogP contribution in [0.25, 0.3) is 11.1 Å². The van der Waals surface area contributed by atoms with Crippen molar-refractivity contribution in [1.29, 1.82) is 0 Å². The molecule has 2 aromatic carbocycles. The van der Waals surface area contributed by atoms with Crippen LogP contribution in [-0.4, -0.2) is 29.3 Å². The highest BCUT2D eigenvalue weighted by Crippen LogP contribution is 2.29. The van der Waals surface area contributed by atoms with Gasteiger partial charge in [-0.25, -0.2) is 9.68 Å². The highest BCUT2D eigenvalue weighted by Gasteiger charge is 2.18. The Bertz CT molecular complexity index is 794. The second-order valence-corrected chi connectivity index (χ2v) is 5.85. The molecule has 0 aromatic heterocycles. The molecule has 2 aromatic rings. The number of hydrogen-bond donors (Lipinski definition) is 3. The van der Waals surface area contributed by atoms with E-state index < -0.39 is 16.1 Å². The molecule has 3 N–H and O–H groups in total. The van der Waals surface area contributed by atoms with E-state index in [9.17, 15) is 17.8 Å². The second-order valence-electron chi connectivity index (χ2n) is 4.46. The van der Waals surface area contributed by atoms with Crippen molar-refractivity contribution in [3.63, 3.8) is 0 Å². The molecule has 0 saturated heterocycles. The van der Waals surface area contributed by atoms with E-state index in [2.05, 4.69) is 4.89 Å². The Labute approximate surface area is 126 Å². The minimum atomic E-state index is -4.50. The fraction of sp³-hybridized carbons (Fsp3) is 0.0714. The molecule has 0 fully saturated rings. The van der Waals surface area contributed by atoms with Gasteiger partial charge in [0.2, 0.25) is 0 Å². The molecule has 0 bridgehead atoms. The summed E-state index contributed by atoms with van der Waals surface area (Å²) in [6.07, 6.45) is 0. The average molecular weight is 324 g/mol. The van der Waals surface area contributed by atoms with Crippen molar-refractivity contribution in [3.8, 4) is 11.1 Å². The van der Waals surface area contributed by atoms with Crippen molar-refractivity contribution in [2.24, 2.45) is 0 Å². The molecule has 116 valence electrons. The van der Waals surface area contributed by atoms with Crippen LogP contribution in [0.5, 0.6) is 0 Å². The van der Waals surface area contributed by atoms with Crippen LogP contribution in [0.4, 0.5) is 0 Å². The molecule has 0 saturated carbocycles. The summed E-state index contributed by atoms with van der Waals surface area (Å²) in [4.78, 5) is 14.4. The first kappa shape index (κ1) is 16.1. The molecule has 0 spiro atoms. The van der Waals surface area contributed by atoms with Gasteiger partial charge >= 0.3 is 5.97 Å². The van der Waals surface area contributed by atoms with Gasteiger partial charge in [-0.05, 0) is 29.3 Å². The third-order valence-electron chi connectivity index (χ3n) is 3.00. The number of rotatable bonds is 5. The molecule has 0 aliphatic carbocycles. The average Bonchev–Trinajstić information content (AvgIpc) is 2.47. The zero-order valence-corrected chi connectivity index (χ0v) is 11.9. The highest BCUT2D eigenvalue weighted by atomic mass is 32.2. The molecule has 0 atom stereocenters. The predicted octanol–water partition coefficient (Wildman–Crippen LogP) is 2.29. The van der Waals surface area contributed by atoms with Gasteiger partial charge in [-0.2, -0.15) is 8.42 Å². The Hall–Kier alpha value is -2.26. The van der Waals surface area contributed by atoms with Gasteiger partial charge in [0.05, 0.1) is 5.56 Å². The Morgan fingerprint density at radius 2 is 1.73 bits per heavy atom. The zero-order valence-electron chi connectivity index (χ0n) is 11.1. The maximum atomic E-state index is 11.5. The van der Waals surface area contributed by atoms with Gasteiger partial charge in [0.1, 0.15) is 11.5 Å². The molecule has 8 heteroatoms. The van der Waals surface area contributed by atoms with Gasteiger partial charge in [0, 0.05) is 5.56 Å². The third kappa shape index (κ3) is 3.49. The lowest BCUT2D eigenvalue weighted by atomic mass is 10.0. The first-order valence-corrected chi connectivity index (χ1v) is 7.47. The summed E-state index contributed by atoms with van der Waals surface area (Å²) >= 11 is 0. The lowest BCUT2D eigenvalue weighted by Crippen LogP contribution is -2.03. The van der Waals surface area contributed by atoms with E-state index in [4.69, 9.17) is 10.4 Å². The van der Waals surface area contributed by atoms with Crippen LogP contribution in [0, 0.1) is 0 Å². The zero-order chi connectivity index (χ0) is 16.3. The highest BCUT2D eigenvalue weighted by molar-refractivity contribution is 7.86. The summed E-state index contributed by atoms with van der Waals surface area (Å²) in [7, 11) is -4.50. The van der Waals surface area contributed by atoms with Crippen molar-refractivity contribution < 1.29 is 33.0 Å². The van der Waals surface area contributed by atoms with Gasteiger partial charge in [0.25, 0.3) is 10.1 Å². The summed E-state index contributed by atoms with van der Waals surface area (Å²) in [5.41, 5.74) is 1.04. The first-order valence-electron chi connectivity index (χ1n) is 6.03. The number of hydrogen-bond acceptors (Lipinski definition) is 5. The molecular formula is C14H12O7S. The minimum Gasteiger partial charge on any atom is -0.478 e. The van der Waals surface area contributed by atoms with Gasteiger partial charge in [-0.15, -0.1) is 0 Å². The van der Waals surface area contributed by atoms with E-state index in [0.29, 0.717) is 11.1 Å². The summed E-state index contributed by atoms with van der Waals surface area (Å²) in [6, 6.07) is 9.67. The fourth-order valence-electron chi connectivity index (χ4n) is 1.98. The Morgan fingerprint density at radius 1 is 1.09 bits per heavy atom. The topological polar surface area (TPSA) is 121 Å². The van der Waals surface area contributed by atoms with Crippen LogP contribution in [0.2, 0.25) is 0 Å². The number of carbonyl (C=O) groups is 1. The number of aromatic carboxylic acids is 1. The third-order valence-corrected chi connectivity index (χ3v) is 3.89. The number of carboxylic acid groups (broad SMARTS) is 1. The Morgan fingerprint density at radius 3 is 2.23 bits per heavy atom. The van der Waals surface area contributed by atoms with E-state index >= 15 is 0 Å². The summed E-state index contributed by atoms with van der Waals surface area (Å²) in [5.74, 6) is -1.10. The molecule has 2 rings (SSSR count). The predicted molar refractivity (Wildman–Crippen MR) is 76.1 cm³/mol. The lowest BCUT2D eigenvalue weighted by molar-refractivity contribution is -0.253. The van der Waals surface area contributed by atoms with E-state index in [-0.39, 0.29) is 22.6 Å². The maximum Gasteiger partial charge on any atom is 0.335 e. The minimum absolute atomic E-state index is 0.0578. The van der Waals surface area contributed by atoms with Crippen molar-refractivity contribution in [1.82, 2.24) is 0 Å². The molecule has 0 aliphatic heterocycles. The lowest BCUT2D eigenvalue weighted by Gasteiger charge is -2.10. The number of benzene rings is 2. The van der Waals surface area contributed by atoms with Gasteiger partial charge in [-0.1, -0.05) is 24.3 Å². The molecule has 7 nitrogen and oxygen atoms in total. The standard InChI is InChI=1S/C14H12O7S/c15-14(16)11-4-2-10(3-5-11)12-6-1-9(8-21-17)7-13(12)22(18,19)20/h1-7,17H,8H2,(H,15,16)(H,18,19,20). The first-order chi connectivity index (χ1) is 10.3. The van der Waals surface area contributed by atoms with E-state index in [0.717, 1.165) is 0 Å². The van der Waals surface area contributed by atoms with Crippen molar-refractivity contribution in [2.45, 2.75) is 11.5 Å². The van der Waals surface area contributed by atoms with Crippen LogP contribution in [-0.2, 0) is 21.6 Å². The monoisotopic (exact) mass is 324 g/mol. The van der Waals surface area contributed by atoms with Crippen LogP contribution in [0.1, 0.15) is 15.9 Å². The molecular weight excluding hydrogens is 312 g/mol. The van der Waals surface area contributed by atoms with Crippen LogP contribution >= 0.6 is 0 Å². The molecule has 0 heterocycles. The van der Waals surface area contributed by atoms with Gasteiger partial charge in [0.15, 0.2) is 0 Å². The van der Waals surface area contributed by atoms with Crippen LogP contribution in [0.3, 0.4) is 0 Å². The summed E-state index contributed by atoms with van der Waals surface area (Å²) in [6.45, 7) is -0.235. The summed E-state index contributed by atoms with van der Waals surface area (Å²) < 4.78 is 32.4. The maximum absolute atomic E-state index is 11.5. The number of carboxylic acids is 1. The molecule has 0 unspecified atom stereocenters. The van der Waals surface area contributed by atoms with Crippen molar-refractivity contribution in [2.75, 3.05) is 0 Å². The largest absolute Gasteiger partial charge is 0.478 e. The molecule has 22 heavy (non-hydrogen) atoms. The summed E-state index contributed by atoms with van der Waals surface area (Å²) in [5, 5.41) is 17.3. The quantitative estimate of drug-likeness (QED) is 0.438. The van der Waals surface area contributed by atoms with E-state index in [1.807, 2.05) is 0 Å². The molecule has 0 radical (unpaired) electrons. The molecule has 0 aliphatic rings. The molecule has 0 amide bonds. The Balaban J connectivity index is 2.56. The van der Waals surface area contributed by atoms with Crippen molar-refractivity contribution in [3.05, 3.63) is 53.6 Å². The van der Waals surface area contributed by atoms with Gasteiger partial charge < -0.3 is 5.11 Å². The van der Waals surface area contributed by atoms with Crippen LogP contribution in [0.15, 0.2) is 47.4 Å². The Kier molecular flexibility index (Phi) is 4.57. The normalized spacial score (nSPS) is 11.4. The van der Waals surface area contributed by atoms with Crippen molar-refractivity contribution >= 4 is 16.1 Å². The van der Waals surface area contributed by atoms with Gasteiger partial charge in [-0.3, -0.25) is 9.81 Å². The SMILES string of the molecule is O=C(O)c1ccc(-c2ccc(COO)cc2S(=O)(=O)O)cc1. The van der Waals surface area contributed by atoms with Crippen LogP contribution < -0.4 is 0 Å². The smallest absolute Gasteiger partial charge is 0.335 e. The second kappa shape index (κ2) is 6.24. The fourth-order valence-corrected chi connectivity index (χ4v) is 2.74.